The molecule has 1 fully saturated rings. The Balaban J connectivity index is 1.77. The van der Waals surface area contributed by atoms with Gasteiger partial charge < -0.3 is 19.5 Å². The lowest BCUT2D eigenvalue weighted by atomic mass is 9.94. The van der Waals surface area contributed by atoms with Gasteiger partial charge in [0.1, 0.15) is 10.8 Å². The van der Waals surface area contributed by atoms with E-state index >= 15 is 0 Å². The van der Waals surface area contributed by atoms with E-state index in [9.17, 15) is 14.7 Å². The number of aliphatic hydroxyl groups is 1. The molecule has 0 aliphatic carbocycles. The zero-order valence-corrected chi connectivity index (χ0v) is 23.7. The van der Waals surface area contributed by atoms with Crippen LogP contribution in [0.4, 0.5) is 10.8 Å². The van der Waals surface area contributed by atoms with Crippen molar-refractivity contribution in [3.05, 3.63) is 81.3 Å². The second-order valence-corrected chi connectivity index (χ2v) is 10.7. The molecule has 4 aromatic rings. The molecule has 0 bridgehead atoms. The van der Waals surface area contributed by atoms with E-state index in [4.69, 9.17) is 32.7 Å². The maximum atomic E-state index is 13.6. The molecule has 1 aromatic heterocycles. The Morgan fingerprint density at radius 2 is 1.69 bits per heavy atom. The molecule has 1 N–H and O–H groups in total. The van der Waals surface area contributed by atoms with Gasteiger partial charge >= 0.3 is 5.91 Å². The first-order chi connectivity index (χ1) is 18.7. The molecular formula is C28H23Cl2N3O5S. The minimum absolute atomic E-state index is 0.0151. The molecule has 11 heteroatoms. The van der Waals surface area contributed by atoms with Gasteiger partial charge in [0, 0.05) is 19.8 Å². The Morgan fingerprint density at radius 1 is 1.03 bits per heavy atom. The number of nitrogens with zero attached hydrogens (tertiary/aromatic N) is 3. The van der Waals surface area contributed by atoms with E-state index in [0.717, 1.165) is 10.4 Å². The van der Waals surface area contributed by atoms with Crippen LogP contribution in [0.1, 0.15) is 17.2 Å². The van der Waals surface area contributed by atoms with Crippen molar-refractivity contribution < 1.29 is 24.2 Å². The first-order valence-corrected chi connectivity index (χ1v) is 13.3. The van der Waals surface area contributed by atoms with Crippen molar-refractivity contribution in [2.45, 2.75) is 6.04 Å². The number of benzene rings is 3. The molecule has 1 atom stereocenters. The number of rotatable bonds is 6. The summed E-state index contributed by atoms with van der Waals surface area (Å²) in [5.74, 6) is -1.98. The molecule has 0 saturated carbocycles. The van der Waals surface area contributed by atoms with Gasteiger partial charge in [-0.3, -0.25) is 14.5 Å². The number of methoxy groups -OCH3 is 2. The van der Waals surface area contributed by atoms with Gasteiger partial charge in [-0.25, -0.2) is 4.98 Å². The third kappa shape index (κ3) is 4.46. The van der Waals surface area contributed by atoms with Gasteiger partial charge in [-0.15, -0.1) is 0 Å². The van der Waals surface area contributed by atoms with Crippen molar-refractivity contribution in [2.75, 3.05) is 38.1 Å². The monoisotopic (exact) mass is 583 g/mol. The van der Waals surface area contributed by atoms with Crippen molar-refractivity contribution in [1.82, 2.24) is 4.98 Å². The van der Waals surface area contributed by atoms with Crippen LogP contribution in [0.2, 0.25) is 10.0 Å². The van der Waals surface area contributed by atoms with Crippen molar-refractivity contribution in [2.24, 2.45) is 0 Å². The summed E-state index contributed by atoms with van der Waals surface area (Å²) in [7, 11) is 6.58. The molecule has 8 nitrogen and oxygen atoms in total. The van der Waals surface area contributed by atoms with Gasteiger partial charge in [0.2, 0.25) is 0 Å². The van der Waals surface area contributed by atoms with Crippen LogP contribution in [0.25, 0.3) is 16.0 Å². The molecule has 39 heavy (non-hydrogen) atoms. The van der Waals surface area contributed by atoms with Crippen LogP contribution in [-0.2, 0) is 9.59 Å². The molecule has 200 valence electrons. The number of amides is 1. The van der Waals surface area contributed by atoms with Crippen molar-refractivity contribution >= 4 is 73.0 Å². The summed E-state index contributed by atoms with van der Waals surface area (Å²) in [4.78, 5) is 35.0. The fourth-order valence-corrected chi connectivity index (χ4v) is 6.23. The Morgan fingerprint density at radius 3 is 2.31 bits per heavy atom. The molecule has 1 aliphatic rings. The quantitative estimate of drug-likeness (QED) is 0.161. The molecule has 2 heterocycles. The van der Waals surface area contributed by atoms with Gasteiger partial charge in [-0.05, 0) is 35.9 Å². The molecule has 1 saturated heterocycles. The summed E-state index contributed by atoms with van der Waals surface area (Å²) in [5.41, 5.74) is 2.12. The fourth-order valence-electron chi connectivity index (χ4n) is 4.55. The number of ether oxygens (including phenoxy) is 2. The normalized spacial score (nSPS) is 16.7. The number of anilines is 2. The minimum atomic E-state index is -0.980. The van der Waals surface area contributed by atoms with Gasteiger partial charge in [0.05, 0.1) is 46.6 Å². The number of carbonyl (C=O) groups is 2. The average Bonchev–Trinajstić information content (AvgIpc) is 3.46. The number of hydrogen-bond donors (Lipinski definition) is 1. The highest BCUT2D eigenvalue weighted by Gasteiger charge is 2.48. The number of aliphatic hydroxyl groups excluding tert-OH is 1. The molecule has 0 spiro atoms. The first-order valence-electron chi connectivity index (χ1n) is 11.7. The van der Waals surface area contributed by atoms with Crippen molar-refractivity contribution in [1.29, 1.82) is 0 Å². The van der Waals surface area contributed by atoms with E-state index < -0.39 is 23.5 Å². The highest BCUT2D eigenvalue weighted by molar-refractivity contribution is 7.22. The third-order valence-corrected chi connectivity index (χ3v) is 8.11. The number of aromatic nitrogens is 1. The van der Waals surface area contributed by atoms with Crippen LogP contribution >= 0.6 is 34.5 Å². The lowest BCUT2D eigenvalue weighted by molar-refractivity contribution is -0.132. The van der Waals surface area contributed by atoms with Crippen LogP contribution in [-0.4, -0.2) is 50.1 Å². The van der Waals surface area contributed by atoms with E-state index in [1.54, 1.807) is 0 Å². The summed E-state index contributed by atoms with van der Waals surface area (Å²) in [6, 6.07) is 15.2. The minimum Gasteiger partial charge on any atom is -0.507 e. The Bertz CT molecular complexity index is 1620. The number of carbonyl (C=O) groups excluding carboxylic acids is 2. The second kappa shape index (κ2) is 10.4. The Labute approximate surface area is 238 Å². The number of thiazole rings is 1. The summed E-state index contributed by atoms with van der Waals surface area (Å²) < 4.78 is 11.6. The number of ketones is 1. The number of fused-ring (bicyclic) bond motifs is 1. The van der Waals surface area contributed by atoms with Gasteiger partial charge in [-0.1, -0.05) is 58.8 Å². The number of hydrogen-bond acceptors (Lipinski definition) is 8. The number of para-hydroxylation sites is 1. The molecule has 3 aromatic carbocycles. The average molecular weight is 584 g/mol. The van der Waals surface area contributed by atoms with E-state index in [-0.39, 0.29) is 32.7 Å². The van der Waals surface area contributed by atoms with E-state index in [0.29, 0.717) is 16.2 Å². The highest BCUT2D eigenvalue weighted by Crippen LogP contribution is 2.48. The van der Waals surface area contributed by atoms with Gasteiger partial charge in [0.25, 0.3) is 5.78 Å². The number of Topliss-reactive ketones (excluding diaryl/α,β-unsaturated/α-hetero) is 1. The molecular weight excluding hydrogens is 561 g/mol. The van der Waals surface area contributed by atoms with Gasteiger partial charge in [-0.2, -0.15) is 0 Å². The van der Waals surface area contributed by atoms with Crippen LogP contribution in [0, 0.1) is 0 Å². The SMILES string of the molecule is COc1c(Cl)cc(/C(O)=C2\C(=O)C(=O)N(c3nc4ccccc4s3)C2c2ccc(N(C)C)cc2)c(OC)c1Cl. The van der Waals surface area contributed by atoms with Crippen molar-refractivity contribution in [3.8, 4) is 11.5 Å². The van der Waals surface area contributed by atoms with Gasteiger partial charge in [0.15, 0.2) is 16.6 Å². The summed E-state index contributed by atoms with van der Waals surface area (Å²) in [6.45, 7) is 0. The Kier molecular flexibility index (Phi) is 7.15. The predicted octanol–water partition coefficient (Wildman–Crippen LogP) is 6.31. The summed E-state index contributed by atoms with van der Waals surface area (Å²) in [6.07, 6.45) is 0. The lowest BCUT2D eigenvalue weighted by Crippen LogP contribution is -2.29. The molecule has 5 rings (SSSR count). The van der Waals surface area contributed by atoms with Crippen molar-refractivity contribution in [3.63, 3.8) is 0 Å². The zero-order chi connectivity index (χ0) is 28.0. The molecule has 0 radical (unpaired) electrons. The lowest BCUT2D eigenvalue weighted by Gasteiger charge is -2.24. The van der Waals surface area contributed by atoms with Crippen LogP contribution in [0.3, 0.4) is 0 Å². The first kappa shape index (κ1) is 26.8. The molecule has 1 unspecified atom stereocenters. The largest absolute Gasteiger partial charge is 0.507 e. The maximum Gasteiger partial charge on any atom is 0.301 e. The van der Waals surface area contributed by atoms with Crippen LogP contribution < -0.4 is 19.3 Å². The fraction of sp³-hybridized carbons (Fsp3) is 0.179. The Hall–Kier alpha value is -3.79. The summed E-state index contributed by atoms with van der Waals surface area (Å²) >= 11 is 14.1. The zero-order valence-electron chi connectivity index (χ0n) is 21.4. The number of halogens is 2. The van der Waals surface area contributed by atoms with Crippen LogP contribution in [0.15, 0.2) is 60.2 Å². The predicted molar refractivity (Wildman–Crippen MR) is 155 cm³/mol. The summed E-state index contributed by atoms with van der Waals surface area (Å²) in [5, 5.41) is 12.1. The van der Waals surface area contributed by atoms with E-state index in [2.05, 4.69) is 4.98 Å². The maximum absolute atomic E-state index is 13.6. The highest BCUT2D eigenvalue weighted by atomic mass is 35.5. The third-order valence-electron chi connectivity index (χ3n) is 6.45. The van der Waals surface area contributed by atoms with Crippen LogP contribution in [0.5, 0.6) is 11.5 Å². The molecule has 1 amide bonds. The standard InChI is InChI=1S/C28H23Cl2N3O5S/c1-32(2)15-11-9-14(10-12-15)22-20(23(34)16-13-17(29)26(38-4)21(30)25(16)37-3)24(35)27(36)33(22)28-31-18-7-5-6-8-19(18)39-28/h5-13,22,34H,1-4H3/b23-20+. The molecule has 1 aliphatic heterocycles. The topological polar surface area (TPSA) is 92.2 Å². The van der Waals surface area contributed by atoms with E-state index in [1.165, 1.54) is 36.5 Å². The van der Waals surface area contributed by atoms with E-state index in [1.807, 2.05) is 67.5 Å². The second-order valence-electron chi connectivity index (χ2n) is 8.91. The smallest absolute Gasteiger partial charge is 0.301 e.